The van der Waals surface area contributed by atoms with Crippen LogP contribution < -0.4 is 4.74 Å². The lowest BCUT2D eigenvalue weighted by molar-refractivity contribution is 0.390. The standard InChI is InChI=1S/C14H15NO2/c1-16-12-7-6-10-4-3-5-11(13(10)9-12)8-14(15)17-2/h3-7,9,15H,8H2,1-2H3. The minimum Gasteiger partial charge on any atom is -0.497 e. The van der Waals surface area contributed by atoms with E-state index in [0.29, 0.717) is 6.42 Å². The Morgan fingerprint density at radius 1 is 1.18 bits per heavy atom. The van der Waals surface area contributed by atoms with Crippen LogP contribution in [0, 0.1) is 5.41 Å². The molecule has 0 spiro atoms. The monoisotopic (exact) mass is 229 g/mol. The van der Waals surface area contributed by atoms with Crippen molar-refractivity contribution in [2.24, 2.45) is 0 Å². The Kier molecular flexibility index (Phi) is 3.28. The molecule has 0 saturated heterocycles. The highest BCUT2D eigenvalue weighted by atomic mass is 16.5. The minimum atomic E-state index is 0.264. The van der Waals surface area contributed by atoms with Crippen LogP contribution in [0.4, 0.5) is 0 Å². The number of benzene rings is 2. The van der Waals surface area contributed by atoms with Crippen molar-refractivity contribution < 1.29 is 9.47 Å². The fraction of sp³-hybridized carbons (Fsp3) is 0.214. The van der Waals surface area contributed by atoms with Crippen LogP contribution in [0.25, 0.3) is 10.8 Å². The third-order valence-corrected chi connectivity index (χ3v) is 2.78. The molecule has 2 rings (SSSR count). The maximum atomic E-state index is 7.60. The predicted octanol–water partition coefficient (Wildman–Crippen LogP) is 3.01. The van der Waals surface area contributed by atoms with Crippen LogP contribution in [-0.2, 0) is 11.2 Å². The Bertz CT molecular complexity index is 549. The van der Waals surface area contributed by atoms with Gasteiger partial charge in [0.2, 0.25) is 0 Å². The summed E-state index contributed by atoms with van der Waals surface area (Å²) in [5, 5.41) is 9.85. The van der Waals surface area contributed by atoms with Crippen LogP contribution in [-0.4, -0.2) is 20.1 Å². The molecular weight excluding hydrogens is 214 g/mol. The zero-order valence-electron chi connectivity index (χ0n) is 9.99. The van der Waals surface area contributed by atoms with E-state index in [1.807, 2.05) is 30.3 Å². The molecule has 2 aromatic carbocycles. The maximum Gasteiger partial charge on any atom is 0.184 e. The average molecular weight is 229 g/mol. The molecule has 88 valence electrons. The largest absolute Gasteiger partial charge is 0.497 e. The number of methoxy groups -OCH3 is 2. The smallest absolute Gasteiger partial charge is 0.184 e. The van der Waals surface area contributed by atoms with Gasteiger partial charge in [-0.2, -0.15) is 0 Å². The van der Waals surface area contributed by atoms with Crippen molar-refractivity contribution in [2.45, 2.75) is 6.42 Å². The molecule has 0 atom stereocenters. The van der Waals surface area contributed by atoms with Gasteiger partial charge in [-0.25, -0.2) is 0 Å². The SMILES string of the molecule is COC(=N)Cc1cccc2ccc(OC)cc12. The van der Waals surface area contributed by atoms with Gasteiger partial charge in [0, 0.05) is 6.42 Å². The fourth-order valence-corrected chi connectivity index (χ4v) is 1.84. The highest BCUT2D eigenvalue weighted by Crippen LogP contribution is 2.24. The molecule has 0 fully saturated rings. The van der Waals surface area contributed by atoms with E-state index in [2.05, 4.69) is 6.07 Å². The molecule has 0 aliphatic carbocycles. The van der Waals surface area contributed by atoms with Gasteiger partial charge in [0.25, 0.3) is 0 Å². The van der Waals surface area contributed by atoms with E-state index < -0.39 is 0 Å². The molecule has 0 bridgehead atoms. The second-order valence-electron chi connectivity index (χ2n) is 3.81. The first-order valence-corrected chi connectivity index (χ1v) is 5.41. The highest BCUT2D eigenvalue weighted by Gasteiger charge is 2.05. The zero-order chi connectivity index (χ0) is 12.3. The van der Waals surface area contributed by atoms with E-state index in [-0.39, 0.29) is 5.90 Å². The number of nitrogens with one attached hydrogen (secondary N) is 1. The van der Waals surface area contributed by atoms with Crippen molar-refractivity contribution in [2.75, 3.05) is 14.2 Å². The number of rotatable bonds is 3. The Balaban J connectivity index is 2.50. The van der Waals surface area contributed by atoms with E-state index >= 15 is 0 Å². The zero-order valence-corrected chi connectivity index (χ0v) is 9.99. The molecule has 3 heteroatoms. The summed E-state index contributed by atoms with van der Waals surface area (Å²) in [6.07, 6.45) is 0.501. The minimum absolute atomic E-state index is 0.264. The number of hydrogen-bond donors (Lipinski definition) is 1. The molecule has 0 amide bonds. The average Bonchev–Trinajstić information content (AvgIpc) is 2.38. The van der Waals surface area contributed by atoms with Crippen LogP contribution in [0.2, 0.25) is 0 Å². The molecule has 17 heavy (non-hydrogen) atoms. The molecule has 0 unspecified atom stereocenters. The van der Waals surface area contributed by atoms with Gasteiger partial charge in [0.1, 0.15) is 5.75 Å². The summed E-state index contributed by atoms with van der Waals surface area (Å²) in [6.45, 7) is 0. The Morgan fingerprint density at radius 3 is 2.71 bits per heavy atom. The van der Waals surface area contributed by atoms with Gasteiger partial charge in [0.15, 0.2) is 5.90 Å². The number of ether oxygens (including phenoxy) is 2. The summed E-state index contributed by atoms with van der Waals surface area (Å²) >= 11 is 0. The summed E-state index contributed by atoms with van der Waals surface area (Å²) in [5.74, 6) is 1.09. The summed E-state index contributed by atoms with van der Waals surface area (Å²) in [6, 6.07) is 12.0. The van der Waals surface area contributed by atoms with E-state index in [4.69, 9.17) is 14.9 Å². The lowest BCUT2D eigenvalue weighted by Gasteiger charge is -2.08. The van der Waals surface area contributed by atoms with Crippen molar-refractivity contribution in [1.82, 2.24) is 0 Å². The van der Waals surface area contributed by atoms with Gasteiger partial charge in [-0.3, -0.25) is 5.41 Å². The molecule has 1 N–H and O–H groups in total. The summed E-state index contributed by atoms with van der Waals surface area (Å²) in [7, 11) is 3.18. The molecule has 0 heterocycles. The van der Waals surface area contributed by atoms with Crippen LogP contribution in [0.1, 0.15) is 5.56 Å². The lowest BCUT2D eigenvalue weighted by Crippen LogP contribution is -2.03. The molecular formula is C14H15NO2. The maximum absolute atomic E-state index is 7.60. The molecule has 0 saturated carbocycles. The normalized spacial score (nSPS) is 10.2. The summed E-state index contributed by atoms with van der Waals surface area (Å²) < 4.78 is 10.1. The first-order chi connectivity index (χ1) is 8.24. The first-order valence-electron chi connectivity index (χ1n) is 5.41. The quantitative estimate of drug-likeness (QED) is 0.649. The van der Waals surface area contributed by atoms with Crippen LogP contribution in [0.15, 0.2) is 36.4 Å². The van der Waals surface area contributed by atoms with Crippen molar-refractivity contribution in [3.8, 4) is 5.75 Å². The van der Waals surface area contributed by atoms with Gasteiger partial charge >= 0.3 is 0 Å². The van der Waals surface area contributed by atoms with Gasteiger partial charge in [-0.05, 0) is 28.5 Å². The summed E-state index contributed by atoms with van der Waals surface area (Å²) in [5.41, 5.74) is 1.08. The number of fused-ring (bicyclic) bond motifs is 1. The van der Waals surface area contributed by atoms with E-state index in [1.54, 1.807) is 7.11 Å². The predicted molar refractivity (Wildman–Crippen MR) is 68.9 cm³/mol. The fourth-order valence-electron chi connectivity index (χ4n) is 1.84. The third-order valence-electron chi connectivity index (χ3n) is 2.78. The molecule has 0 aliphatic heterocycles. The first kappa shape index (κ1) is 11.5. The Morgan fingerprint density at radius 2 is 2.00 bits per heavy atom. The Labute approximate surface area is 100 Å². The molecule has 3 nitrogen and oxygen atoms in total. The van der Waals surface area contributed by atoms with Gasteiger partial charge in [-0.15, -0.1) is 0 Å². The van der Waals surface area contributed by atoms with Crippen molar-refractivity contribution in [3.63, 3.8) is 0 Å². The number of hydrogen-bond acceptors (Lipinski definition) is 3. The van der Waals surface area contributed by atoms with Gasteiger partial charge in [-0.1, -0.05) is 24.3 Å². The molecule has 0 radical (unpaired) electrons. The second-order valence-corrected chi connectivity index (χ2v) is 3.81. The van der Waals surface area contributed by atoms with E-state index in [9.17, 15) is 0 Å². The van der Waals surface area contributed by atoms with Crippen molar-refractivity contribution in [1.29, 1.82) is 5.41 Å². The summed E-state index contributed by atoms with van der Waals surface area (Å²) in [4.78, 5) is 0. The van der Waals surface area contributed by atoms with Crippen molar-refractivity contribution >= 4 is 16.7 Å². The highest BCUT2D eigenvalue weighted by molar-refractivity contribution is 5.90. The van der Waals surface area contributed by atoms with Gasteiger partial charge in [0.05, 0.1) is 14.2 Å². The Hall–Kier alpha value is -2.03. The van der Waals surface area contributed by atoms with E-state index in [0.717, 1.165) is 22.1 Å². The molecule has 0 aromatic heterocycles. The third kappa shape index (κ3) is 2.38. The molecule has 2 aromatic rings. The van der Waals surface area contributed by atoms with Gasteiger partial charge < -0.3 is 9.47 Å². The van der Waals surface area contributed by atoms with Crippen LogP contribution in [0.5, 0.6) is 5.75 Å². The molecule has 0 aliphatic rings. The van der Waals surface area contributed by atoms with Crippen LogP contribution in [0.3, 0.4) is 0 Å². The topological polar surface area (TPSA) is 42.3 Å². The van der Waals surface area contributed by atoms with E-state index in [1.165, 1.54) is 7.11 Å². The second kappa shape index (κ2) is 4.87. The van der Waals surface area contributed by atoms with Crippen molar-refractivity contribution in [3.05, 3.63) is 42.0 Å². The van der Waals surface area contributed by atoms with Crippen LogP contribution >= 0.6 is 0 Å². The lowest BCUT2D eigenvalue weighted by atomic mass is 10.0.